The smallest absolute Gasteiger partial charge is 0.0487 e. The first-order valence-corrected chi connectivity index (χ1v) is 4.35. The number of hydrogen-bond acceptors (Lipinski definition) is 1. The van der Waals surface area contributed by atoms with Crippen molar-refractivity contribution in [3.8, 4) is 0 Å². The molecule has 0 heterocycles. The van der Waals surface area contributed by atoms with Crippen LogP contribution in [0.25, 0.3) is 0 Å². The van der Waals surface area contributed by atoms with Crippen molar-refractivity contribution in [2.75, 3.05) is 6.61 Å². The molecule has 10 heavy (non-hydrogen) atoms. The zero-order chi connectivity index (χ0) is 7.19. The van der Waals surface area contributed by atoms with Crippen LogP contribution in [0.2, 0.25) is 0 Å². The number of aliphatic hydroxyl groups is 1. The third-order valence-electron chi connectivity index (χ3n) is 3.64. The van der Waals surface area contributed by atoms with Crippen molar-refractivity contribution in [2.24, 2.45) is 17.3 Å². The van der Waals surface area contributed by atoms with Crippen molar-refractivity contribution >= 4 is 0 Å². The molecule has 0 aromatic rings. The van der Waals surface area contributed by atoms with Crippen molar-refractivity contribution < 1.29 is 5.11 Å². The van der Waals surface area contributed by atoms with Crippen LogP contribution in [-0.4, -0.2) is 11.7 Å². The van der Waals surface area contributed by atoms with Gasteiger partial charge in [0.1, 0.15) is 0 Å². The Kier molecular flexibility index (Phi) is 1.31. The Morgan fingerprint density at radius 3 is 2.60 bits per heavy atom. The Labute approximate surface area is 62.4 Å². The van der Waals surface area contributed by atoms with Crippen molar-refractivity contribution in [1.29, 1.82) is 0 Å². The molecule has 0 spiro atoms. The number of fused-ring (bicyclic) bond motifs is 2. The van der Waals surface area contributed by atoms with E-state index in [4.69, 9.17) is 5.11 Å². The van der Waals surface area contributed by atoms with Crippen LogP contribution in [0.1, 0.15) is 32.6 Å². The molecule has 0 amide bonds. The lowest BCUT2D eigenvalue weighted by Crippen LogP contribution is -2.27. The van der Waals surface area contributed by atoms with Crippen LogP contribution in [0.15, 0.2) is 0 Å². The zero-order valence-corrected chi connectivity index (χ0v) is 6.64. The molecule has 2 aliphatic rings. The summed E-state index contributed by atoms with van der Waals surface area (Å²) in [6, 6.07) is 0. The van der Waals surface area contributed by atoms with Crippen molar-refractivity contribution in [3.05, 3.63) is 0 Å². The summed E-state index contributed by atoms with van der Waals surface area (Å²) in [5.41, 5.74) is 0.308. The van der Waals surface area contributed by atoms with Crippen molar-refractivity contribution in [3.63, 3.8) is 0 Å². The minimum atomic E-state index is 0.308. The largest absolute Gasteiger partial charge is 0.396 e. The van der Waals surface area contributed by atoms with Crippen molar-refractivity contribution in [1.82, 2.24) is 0 Å². The Balaban J connectivity index is 2.14. The summed E-state index contributed by atoms with van der Waals surface area (Å²) in [5.74, 6) is 1.81. The minimum Gasteiger partial charge on any atom is -0.396 e. The van der Waals surface area contributed by atoms with E-state index in [2.05, 4.69) is 6.92 Å². The SMILES string of the molecule is C[C@@]1(CO)C[C@@H]2CC[C@H]1C2. The van der Waals surface area contributed by atoms with Crippen molar-refractivity contribution in [2.45, 2.75) is 32.6 Å². The Hall–Kier alpha value is -0.0400. The molecule has 58 valence electrons. The predicted octanol–water partition coefficient (Wildman–Crippen LogP) is 1.80. The van der Waals surface area contributed by atoms with Gasteiger partial charge in [-0.15, -0.1) is 0 Å². The third-order valence-corrected chi connectivity index (χ3v) is 3.64. The van der Waals surface area contributed by atoms with E-state index in [0.717, 1.165) is 11.8 Å². The maximum atomic E-state index is 9.15. The van der Waals surface area contributed by atoms with Gasteiger partial charge in [0.15, 0.2) is 0 Å². The molecule has 1 N–H and O–H groups in total. The first-order chi connectivity index (χ1) is 4.74. The molecule has 0 aromatic heterocycles. The standard InChI is InChI=1S/C9H16O/c1-9(6-10)5-7-2-3-8(9)4-7/h7-8,10H,2-6H2,1H3/t7-,8+,9+/m1/s1. The van der Waals surface area contributed by atoms with E-state index in [-0.39, 0.29) is 0 Å². The Morgan fingerprint density at radius 1 is 1.50 bits per heavy atom. The van der Waals surface area contributed by atoms with E-state index in [9.17, 15) is 0 Å². The quantitative estimate of drug-likeness (QED) is 0.589. The van der Waals surface area contributed by atoms with Gasteiger partial charge in [0.05, 0.1) is 0 Å². The molecule has 0 saturated heterocycles. The van der Waals surface area contributed by atoms with E-state index in [1.54, 1.807) is 0 Å². The van der Waals surface area contributed by atoms with Gasteiger partial charge in [-0.2, -0.15) is 0 Å². The molecular weight excluding hydrogens is 124 g/mol. The predicted molar refractivity (Wildman–Crippen MR) is 40.6 cm³/mol. The fourth-order valence-corrected chi connectivity index (χ4v) is 2.91. The van der Waals surface area contributed by atoms with Crippen LogP contribution in [-0.2, 0) is 0 Å². The molecule has 1 heteroatoms. The third kappa shape index (κ3) is 0.731. The monoisotopic (exact) mass is 140 g/mol. The van der Waals surface area contributed by atoms with Gasteiger partial charge in [-0.05, 0) is 36.5 Å². The van der Waals surface area contributed by atoms with E-state index >= 15 is 0 Å². The molecule has 0 radical (unpaired) electrons. The number of rotatable bonds is 1. The molecule has 2 saturated carbocycles. The molecule has 0 aliphatic heterocycles. The summed E-state index contributed by atoms with van der Waals surface area (Å²) in [4.78, 5) is 0. The summed E-state index contributed by atoms with van der Waals surface area (Å²) >= 11 is 0. The molecule has 2 aliphatic carbocycles. The molecular formula is C9H16O. The molecule has 0 unspecified atom stereocenters. The second kappa shape index (κ2) is 1.97. The Bertz CT molecular complexity index is 144. The summed E-state index contributed by atoms with van der Waals surface area (Å²) in [7, 11) is 0. The summed E-state index contributed by atoms with van der Waals surface area (Å²) in [5, 5.41) is 9.15. The van der Waals surface area contributed by atoms with E-state index in [1.807, 2.05) is 0 Å². The zero-order valence-electron chi connectivity index (χ0n) is 6.64. The van der Waals surface area contributed by atoms with Gasteiger partial charge in [0.25, 0.3) is 0 Å². The van der Waals surface area contributed by atoms with Gasteiger partial charge in [-0.3, -0.25) is 0 Å². The van der Waals surface area contributed by atoms with Crippen LogP contribution in [0.4, 0.5) is 0 Å². The average Bonchev–Trinajstić information content (AvgIpc) is 2.46. The number of hydrogen-bond donors (Lipinski definition) is 1. The van der Waals surface area contributed by atoms with Crippen LogP contribution in [0.5, 0.6) is 0 Å². The van der Waals surface area contributed by atoms with Gasteiger partial charge in [0.2, 0.25) is 0 Å². The molecule has 2 fully saturated rings. The topological polar surface area (TPSA) is 20.2 Å². The minimum absolute atomic E-state index is 0.308. The summed E-state index contributed by atoms with van der Waals surface area (Å²) in [6.07, 6.45) is 5.49. The van der Waals surface area contributed by atoms with Gasteiger partial charge in [-0.25, -0.2) is 0 Å². The second-order valence-corrected chi connectivity index (χ2v) is 4.39. The van der Waals surface area contributed by atoms with Crippen LogP contribution in [0, 0.1) is 17.3 Å². The van der Waals surface area contributed by atoms with E-state index in [1.165, 1.54) is 25.7 Å². The summed E-state index contributed by atoms with van der Waals surface area (Å²) in [6.45, 7) is 2.66. The molecule has 3 atom stereocenters. The highest BCUT2D eigenvalue weighted by Gasteiger charge is 2.47. The lowest BCUT2D eigenvalue weighted by Gasteiger charge is -2.31. The van der Waals surface area contributed by atoms with Crippen LogP contribution < -0.4 is 0 Å². The van der Waals surface area contributed by atoms with Gasteiger partial charge < -0.3 is 5.11 Å². The number of aliphatic hydroxyl groups excluding tert-OH is 1. The van der Waals surface area contributed by atoms with Gasteiger partial charge in [0, 0.05) is 6.61 Å². The maximum absolute atomic E-state index is 9.15. The van der Waals surface area contributed by atoms with Gasteiger partial charge in [-0.1, -0.05) is 13.3 Å². The first-order valence-electron chi connectivity index (χ1n) is 4.35. The lowest BCUT2D eigenvalue weighted by atomic mass is 9.75. The van der Waals surface area contributed by atoms with Crippen LogP contribution >= 0.6 is 0 Å². The molecule has 2 bridgehead atoms. The van der Waals surface area contributed by atoms with E-state index in [0.29, 0.717) is 12.0 Å². The highest BCUT2D eigenvalue weighted by molar-refractivity contribution is 4.97. The first kappa shape index (κ1) is 6.66. The lowest BCUT2D eigenvalue weighted by molar-refractivity contribution is 0.0835. The fourth-order valence-electron chi connectivity index (χ4n) is 2.91. The highest BCUT2D eigenvalue weighted by Crippen LogP contribution is 2.55. The van der Waals surface area contributed by atoms with Crippen LogP contribution in [0.3, 0.4) is 0 Å². The fraction of sp³-hybridized carbons (Fsp3) is 1.00. The summed E-state index contributed by atoms with van der Waals surface area (Å²) < 4.78 is 0. The Morgan fingerprint density at radius 2 is 2.30 bits per heavy atom. The molecule has 2 rings (SSSR count). The average molecular weight is 140 g/mol. The highest BCUT2D eigenvalue weighted by atomic mass is 16.3. The van der Waals surface area contributed by atoms with Gasteiger partial charge >= 0.3 is 0 Å². The second-order valence-electron chi connectivity index (χ2n) is 4.39. The normalized spacial score (nSPS) is 52.2. The van der Waals surface area contributed by atoms with E-state index < -0.39 is 0 Å². The molecule has 0 aromatic carbocycles. The maximum Gasteiger partial charge on any atom is 0.0487 e. The molecule has 1 nitrogen and oxygen atoms in total.